The van der Waals surface area contributed by atoms with Gasteiger partial charge in [0.1, 0.15) is 0 Å². The maximum atomic E-state index is 11.4. The molecule has 3 heteroatoms. The first-order chi connectivity index (χ1) is 9.31. The molecular weight excluding hydrogens is 236 g/mol. The highest BCUT2D eigenvalue weighted by Gasteiger charge is 1.98. The number of amides is 1. The second-order valence-corrected chi connectivity index (χ2v) is 4.92. The van der Waals surface area contributed by atoms with Crippen LogP contribution in [0.25, 0.3) is 0 Å². The molecule has 0 aliphatic carbocycles. The Morgan fingerprint density at radius 3 is 2.16 bits per heavy atom. The molecule has 0 spiro atoms. The number of nitrogens with zero attached hydrogens (tertiary/aromatic N) is 1. The lowest BCUT2D eigenvalue weighted by atomic mass is 10.1. The highest BCUT2D eigenvalue weighted by Crippen LogP contribution is 2.10. The lowest BCUT2D eigenvalue weighted by Gasteiger charge is -2.01. The van der Waals surface area contributed by atoms with Gasteiger partial charge in [-0.2, -0.15) is 5.10 Å². The minimum Gasteiger partial charge on any atom is -0.273 e. The van der Waals surface area contributed by atoms with Crippen LogP contribution in [0.3, 0.4) is 0 Å². The third-order valence-electron chi connectivity index (χ3n) is 3.05. The van der Waals surface area contributed by atoms with Crippen molar-refractivity contribution in [3.05, 3.63) is 12.2 Å². The van der Waals surface area contributed by atoms with Gasteiger partial charge in [0.2, 0.25) is 5.91 Å². The van der Waals surface area contributed by atoms with E-state index >= 15 is 0 Å². The van der Waals surface area contributed by atoms with Crippen LogP contribution in [-0.4, -0.2) is 12.1 Å². The molecule has 19 heavy (non-hydrogen) atoms. The minimum atomic E-state index is 0.0173. The van der Waals surface area contributed by atoms with E-state index in [9.17, 15) is 4.79 Å². The SMILES string of the molecule is C/C=C/C=N/NC(=O)CCCCCCCCCCC. The fraction of sp³-hybridized carbons (Fsp3) is 0.750. The molecule has 0 unspecified atom stereocenters. The standard InChI is InChI=1S/C16H30N2O/c1-3-5-7-8-9-10-11-12-13-14-16(19)18-17-15-6-4-2/h4,6,15H,3,5,7-14H2,1-2H3,(H,18,19)/b6-4+,17-15+. The van der Waals surface area contributed by atoms with Crippen molar-refractivity contribution in [3.8, 4) is 0 Å². The van der Waals surface area contributed by atoms with Crippen LogP contribution in [0.15, 0.2) is 17.3 Å². The summed E-state index contributed by atoms with van der Waals surface area (Å²) in [5, 5.41) is 3.81. The van der Waals surface area contributed by atoms with E-state index in [2.05, 4.69) is 17.5 Å². The summed E-state index contributed by atoms with van der Waals surface area (Å²) in [7, 11) is 0. The molecule has 0 aromatic rings. The van der Waals surface area contributed by atoms with Gasteiger partial charge >= 0.3 is 0 Å². The molecule has 0 radical (unpaired) electrons. The van der Waals surface area contributed by atoms with Crippen LogP contribution < -0.4 is 5.43 Å². The van der Waals surface area contributed by atoms with Gasteiger partial charge in [-0.05, 0) is 19.4 Å². The Labute approximate surface area is 118 Å². The van der Waals surface area contributed by atoms with E-state index in [4.69, 9.17) is 0 Å². The number of hydrogen-bond donors (Lipinski definition) is 1. The molecule has 0 atom stereocenters. The third-order valence-corrected chi connectivity index (χ3v) is 3.05. The predicted molar refractivity (Wildman–Crippen MR) is 83.3 cm³/mol. The Hall–Kier alpha value is -1.12. The molecule has 0 aromatic heterocycles. The first-order valence-electron chi connectivity index (χ1n) is 7.74. The number of allylic oxidation sites excluding steroid dienone is 2. The van der Waals surface area contributed by atoms with E-state index in [0.29, 0.717) is 6.42 Å². The van der Waals surface area contributed by atoms with E-state index in [1.165, 1.54) is 44.9 Å². The summed E-state index contributed by atoms with van der Waals surface area (Å²) in [4.78, 5) is 11.4. The highest BCUT2D eigenvalue weighted by molar-refractivity contribution is 5.78. The molecule has 0 saturated heterocycles. The van der Waals surface area contributed by atoms with Gasteiger partial charge in [0, 0.05) is 12.6 Å². The second kappa shape index (κ2) is 14.9. The maximum absolute atomic E-state index is 11.4. The van der Waals surface area contributed by atoms with Crippen LogP contribution in [0.4, 0.5) is 0 Å². The van der Waals surface area contributed by atoms with Gasteiger partial charge in [-0.25, -0.2) is 5.43 Å². The zero-order chi connectivity index (χ0) is 14.2. The molecule has 3 nitrogen and oxygen atoms in total. The molecule has 0 bridgehead atoms. The van der Waals surface area contributed by atoms with Gasteiger partial charge in [0.25, 0.3) is 0 Å². The lowest BCUT2D eigenvalue weighted by molar-refractivity contribution is -0.121. The average molecular weight is 266 g/mol. The first kappa shape index (κ1) is 17.9. The summed E-state index contributed by atoms with van der Waals surface area (Å²) in [6.45, 7) is 4.16. The van der Waals surface area contributed by atoms with Crippen LogP contribution in [0.1, 0.15) is 78.1 Å². The average Bonchev–Trinajstić information content (AvgIpc) is 2.42. The fourth-order valence-electron chi connectivity index (χ4n) is 1.89. The molecule has 0 aliphatic heterocycles. The highest BCUT2D eigenvalue weighted by atomic mass is 16.2. The quantitative estimate of drug-likeness (QED) is 0.313. The van der Waals surface area contributed by atoms with Crippen molar-refractivity contribution in [3.63, 3.8) is 0 Å². The van der Waals surface area contributed by atoms with E-state index in [-0.39, 0.29) is 5.91 Å². The van der Waals surface area contributed by atoms with Gasteiger partial charge in [-0.3, -0.25) is 4.79 Å². The number of rotatable bonds is 12. The summed E-state index contributed by atoms with van der Waals surface area (Å²) < 4.78 is 0. The Morgan fingerprint density at radius 1 is 1.00 bits per heavy atom. The molecule has 0 aliphatic rings. The molecule has 0 heterocycles. The zero-order valence-corrected chi connectivity index (χ0v) is 12.7. The summed E-state index contributed by atoms with van der Waals surface area (Å²) in [5.74, 6) is 0.0173. The number of carbonyl (C=O) groups excluding carboxylic acids is 1. The van der Waals surface area contributed by atoms with Crippen molar-refractivity contribution in [2.75, 3.05) is 0 Å². The summed E-state index contributed by atoms with van der Waals surface area (Å²) in [6, 6.07) is 0. The van der Waals surface area contributed by atoms with Gasteiger partial charge < -0.3 is 0 Å². The van der Waals surface area contributed by atoms with Crippen molar-refractivity contribution in [2.24, 2.45) is 5.10 Å². The van der Waals surface area contributed by atoms with Gasteiger partial charge in [-0.1, -0.05) is 64.4 Å². The molecular formula is C16H30N2O. The van der Waals surface area contributed by atoms with E-state index in [1.807, 2.05) is 13.0 Å². The first-order valence-corrected chi connectivity index (χ1v) is 7.74. The van der Waals surface area contributed by atoms with Crippen molar-refractivity contribution in [2.45, 2.75) is 78.1 Å². The maximum Gasteiger partial charge on any atom is 0.240 e. The van der Waals surface area contributed by atoms with Gasteiger partial charge in [0.15, 0.2) is 0 Å². The summed E-state index contributed by atoms with van der Waals surface area (Å²) in [6.07, 6.45) is 17.3. The number of hydrogen-bond acceptors (Lipinski definition) is 2. The molecule has 1 amide bonds. The third kappa shape index (κ3) is 14.8. The largest absolute Gasteiger partial charge is 0.273 e. The van der Waals surface area contributed by atoms with Crippen molar-refractivity contribution >= 4 is 12.1 Å². The topological polar surface area (TPSA) is 41.5 Å². The number of hydrazone groups is 1. The number of carbonyl (C=O) groups is 1. The van der Waals surface area contributed by atoms with Gasteiger partial charge in [-0.15, -0.1) is 0 Å². The Morgan fingerprint density at radius 2 is 1.58 bits per heavy atom. The van der Waals surface area contributed by atoms with Crippen molar-refractivity contribution in [1.29, 1.82) is 0 Å². The van der Waals surface area contributed by atoms with E-state index in [0.717, 1.165) is 12.8 Å². The van der Waals surface area contributed by atoms with Crippen molar-refractivity contribution < 1.29 is 4.79 Å². The smallest absolute Gasteiger partial charge is 0.240 e. The number of unbranched alkanes of at least 4 members (excludes halogenated alkanes) is 8. The molecule has 0 aromatic carbocycles. The van der Waals surface area contributed by atoms with Crippen LogP contribution in [-0.2, 0) is 4.79 Å². The second-order valence-electron chi connectivity index (χ2n) is 4.92. The minimum absolute atomic E-state index is 0.0173. The molecule has 0 fully saturated rings. The fourth-order valence-corrected chi connectivity index (χ4v) is 1.89. The Balaban J connectivity index is 3.23. The van der Waals surface area contributed by atoms with Crippen LogP contribution in [0.2, 0.25) is 0 Å². The zero-order valence-electron chi connectivity index (χ0n) is 12.7. The van der Waals surface area contributed by atoms with Gasteiger partial charge in [0.05, 0.1) is 0 Å². The van der Waals surface area contributed by atoms with Crippen LogP contribution >= 0.6 is 0 Å². The molecule has 110 valence electrons. The van der Waals surface area contributed by atoms with E-state index < -0.39 is 0 Å². The van der Waals surface area contributed by atoms with Crippen LogP contribution in [0, 0.1) is 0 Å². The molecule has 0 rings (SSSR count). The Kier molecular flexibility index (Phi) is 14.1. The normalized spacial score (nSPS) is 11.5. The van der Waals surface area contributed by atoms with Crippen molar-refractivity contribution in [1.82, 2.24) is 5.43 Å². The summed E-state index contributed by atoms with van der Waals surface area (Å²) in [5.41, 5.74) is 2.52. The molecule has 0 saturated carbocycles. The lowest BCUT2D eigenvalue weighted by Crippen LogP contribution is -2.16. The predicted octanol–water partition coefficient (Wildman–Crippen LogP) is 4.59. The monoisotopic (exact) mass is 266 g/mol. The Bertz CT molecular complexity index is 259. The van der Waals surface area contributed by atoms with Crippen LogP contribution in [0.5, 0.6) is 0 Å². The summed E-state index contributed by atoms with van der Waals surface area (Å²) >= 11 is 0. The number of nitrogens with one attached hydrogen (secondary N) is 1. The molecule has 1 N–H and O–H groups in total. The van der Waals surface area contributed by atoms with E-state index in [1.54, 1.807) is 12.3 Å².